The summed E-state index contributed by atoms with van der Waals surface area (Å²) in [7, 11) is 0. The maximum absolute atomic E-state index is 13.2. The van der Waals surface area contributed by atoms with E-state index in [1.807, 2.05) is 5.32 Å². The van der Waals surface area contributed by atoms with Crippen LogP contribution < -0.4 is 16.0 Å². The number of urea groups is 1. The highest BCUT2D eigenvalue weighted by atomic mass is 32.1. The molecule has 0 aromatic carbocycles. The molecule has 4 amide bonds. The molecule has 3 rings (SSSR count). The summed E-state index contributed by atoms with van der Waals surface area (Å²) in [5.74, 6) is -0.434. The van der Waals surface area contributed by atoms with Gasteiger partial charge in [0, 0.05) is 17.5 Å². The largest absolute Gasteiger partial charge is 0.465 e. The molecule has 0 saturated heterocycles. The Kier molecular flexibility index (Phi) is 8.30. The van der Waals surface area contributed by atoms with Gasteiger partial charge in [-0.2, -0.15) is 0 Å². The normalized spacial score (nSPS) is 17.9. The van der Waals surface area contributed by atoms with Gasteiger partial charge in [0.25, 0.3) is 0 Å². The lowest BCUT2D eigenvalue weighted by Gasteiger charge is -2.41. The molecule has 2 fully saturated rings. The number of nitrogens with one attached hydrogen (secondary N) is 3. The first-order valence-corrected chi connectivity index (χ1v) is 11.7. The molecule has 0 radical (unpaired) electrons. The van der Waals surface area contributed by atoms with E-state index in [4.69, 9.17) is 5.11 Å². The monoisotopic (exact) mass is 437 g/mol. The van der Waals surface area contributed by atoms with Gasteiger partial charge in [0.1, 0.15) is 0 Å². The minimum Gasteiger partial charge on any atom is -0.465 e. The number of carbonyl (C=O) groups is 3. The van der Waals surface area contributed by atoms with E-state index in [0.717, 1.165) is 25.7 Å². The predicted octanol–water partition coefficient (Wildman–Crippen LogP) is 3.53. The van der Waals surface area contributed by atoms with Gasteiger partial charge in [0.2, 0.25) is 5.91 Å². The molecule has 166 valence electrons. The van der Waals surface area contributed by atoms with Crippen molar-refractivity contribution in [2.75, 3.05) is 11.9 Å². The third kappa shape index (κ3) is 6.58. The highest BCUT2D eigenvalue weighted by Gasteiger charge is 2.32. The summed E-state index contributed by atoms with van der Waals surface area (Å²) < 4.78 is 0. The van der Waals surface area contributed by atoms with Gasteiger partial charge in [-0.3, -0.25) is 10.1 Å². The van der Waals surface area contributed by atoms with E-state index < -0.39 is 12.0 Å². The topological polar surface area (TPSA) is 124 Å². The van der Waals surface area contributed by atoms with Gasteiger partial charge in [-0.25, -0.2) is 14.6 Å². The molecule has 0 spiro atoms. The Labute approximate surface area is 180 Å². The van der Waals surface area contributed by atoms with Crippen LogP contribution in [0.5, 0.6) is 0 Å². The van der Waals surface area contributed by atoms with Crippen molar-refractivity contribution in [1.82, 2.24) is 20.5 Å². The zero-order chi connectivity index (χ0) is 21.3. The fourth-order valence-electron chi connectivity index (χ4n) is 4.36. The Bertz CT molecular complexity index is 711. The lowest BCUT2D eigenvalue weighted by Crippen LogP contribution is -2.50. The molecule has 2 aliphatic rings. The molecular weight excluding hydrogens is 406 g/mol. The quantitative estimate of drug-likeness (QED) is 0.520. The number of carbonyl (C=O) groups excluding carboxylic acids is 2. The number of carboxylic acid groups (broad SMARTS) is 1. The summed E-state index contributed by atoms with van der Waals surface area (Å²) in [6.45, 7) is -0.123. The van der Waals surface area contributed by atoms with Crippen LogP contribution in [0.3, 0.4) is 0 Å². The van der Waals surface area contributed by atoms with E-state index >= 15 is 0 Å². The van der Waals surface area contributed by atoms with Gasteiger partial charge in [0.05, 0.1) is 18.8 Å². The van der Waals surface area contributed by atoms with Crippen LogP contribution in [0.15, 0.2) is 5.38 Å². The summed E-state index contributed by atoms with van der Waals surface area (Å²) in [6.07, 6.45) is 10.3. The van der Waals surface area contributed by atoms with Crippen LogP contribution in [0, 0.1) is 0 Å². The van der Waals surface area contributed by atoms with Crippen molar-refractivity contribution < 1.29 is 19.5 Å². The Morgan fingerprint density at radius 1 is 1.00 bits per heavy atom. The third-order valence-electron chi connectivity index (χ3n) is 5.80. The molecule has 1 heterocycles. The van der Waals surface area contributed by atoms with Gasteiger partial charge < -0.3 is 20.6 Å². The van der Waals surface area contributed by atoms with E-state index in [2.05, 4.69) is 20.5 Å². The lowest BCUT2D eigenvalue weighted by atomic mass is 9.89. The number of amides is 4. The SMILES string of the molecule is O=C(O)NCC(=O)NCc1csc(NC(=O)N(C2CCCCC2)C2CCCCC2)n1. The molecule has 1 aromatic rings. The number of anilines is 1. The van der Waals surface area contributed by atoms with Gasteiger partial charge in [-0.05, 0) is 25.7 Å². The number of hydrogen-bond donors (Lipinski definition) is 4. The van der Waals surface area contributed by atoms with Crippen LogP contribution >= 0.6 is 11.3 Å². The van der Waals surface area contributed by atoms with Crippen molar-refractivity contribution in [2.24, 2.45) is 0 Å². The second-order valence-corrected chi connectivity index (χ2v) is 8.86. The number of nitrogens with zero attached hydrogens (tertiary/aromatic N) is 2. The van der Waals surface area contributed by atoms with E-state index in [1.165, 1.54) is 49.9 Å². The van der Waals surface area contributed by atoms with Crippen LogP contribution in [-0.4, -0.2) is 51.7 Å². The van der Waals surface area contributed by atoms with Crippen molar-refractivity contribution in [3.8, 4) is 0 Å². The minimum atomic E-state index is -1.25. The standard InChI is InChI=1S/C20H31N5O4S/c26-17(12-22-20(28)29)21-11-14-13-30-18(23-14)24-19(27)25(15-7-3-1-4-8-15)16-9-5-2-6-10-16/h13,15-16,22H,1-12H2,(H,21,26)(H,28,29)(H,23,24,27). The van der Waals surface area contributed by atoms with Crippen molar-refractivity contribution in [1.29, 1.82) is 0 Å². The Balaban J connectivity index is 1.56. The molecule has 2 saturated carbocycles. The molecule has 0 unspecified atom stereocenters. The van der Waals surface area contributed by atoms with Crippen LogP contribution in [0.2, 0.25) is 0 Å². The second-order valence-electron chi connectivity index (χ2n) is 8.00. The molecule has 0 atom stereocenters. The second kappa shape index (κ2) is 11.1. The maximum Gasteiger partial charge on any atom is 0.405 e. The molecule has 9 nitrogen and oxygen atoms in total. The summed E-state index contributed by atoms with van der Waals surface area (Å²) in [4.78, 5) is 41.7. The van der Waals surface area contributed by atoms with Crippen molar-refractivity contribution in [2.45, 2.75) is 82.8 Å². The third-order valence-corrected chi connectivity index (χ3v) is 6.61. The Morgan fingerprint density at radius 3 is 2.17 bits per heavy atom. The number of rotatable bonds is 7. The fourth-order valence-corrected chi connectivity index (χ4v) is 5.06. The highest BCUT2D eigenvalue weighted by molar-refractivity contribution is 7.13. The molecule has 0 aliphatic heterocycles. The first-order valence-electron chi connectivity index (χ1n) is 10.8. The molecule has 4 N–H and O–H groups in total. The molecule has 10 heteroatoms. The Hall–Kier alpha value is -2.36. The smallest absolute Gasteiger partial charge is 0.405 e. The lowest BCUT2D eigenvalue weighted by molar-refractivity contribution is -0.120. The average molecular weight is 438 g/mol. The summed E-state index contributed by atoms with van der Waals surface area (Å²) in [5.41, 5.74) is 0.626. The molecule has 1 aromatic heterocycles. The van der Waals surface area contributed by atoms with Gasteiger partial charge in [-0.15, -0.1) is 11.3 Å². The fraction of sp³-hybridized carbons (Fsp3) is 0.700. The van der Waals surface area contributed by atoms with Crippen LogP contribution in [0.1, 0.15) is 69.9 Å². The van der Waals surface area contributed by atoms with Crippen LogP contribution in [0.25, 0.3) is 0 Å². The van der Waals surface area contributed by atoms with Gasteiger partial charge in [0.15, 0.2) is 5.13 Å². The van der Waals surface area contributed by atoms with Crippen molar-refractivity contribution >= 4 is 34.5 Å². The van der Waals surface area contributed by atoms with E-state index in [-0.39, 0.29) is 19.1 Å². The van der Waals surface area contributed by atoms with E-state index in [1.54, 1.807) is 5.38 Å². The van der Waals surface area contributed by atoms with E-state index in [0.29, 0.717) is 22.9 Å². The first kappa shape index (κ1) is 22.3. The molecule has 2 aliphatic carbocycles. The number of thiazole rings is 1. The van der Waals surface area contributed by atoms with Crippen LogP contribution in [0.4, 0.5) is 14.7 Å². The maximum atomic E-state index is 13.2. The minimum absolute atomic E-state index is 0.0654. The molecule has 0 bridgehead atoms. The summed E-state index contributed by atoms with van der Waals surface area (Å²) >= 11 is 1.33. The number of aromatic nitrogens is 1. The summed E-state index contributed by atoms with van der Waals surface area (Å²) in [6, 6.07) is 0.550. The van der Waals surface area contributed by atoms with Crippen molar-refractivity contribution in [3.05, 3.63) is 11.1 Å². The van der Waals surface area contributed by atoms with E-state index in [9.17, 15) is 14.4 Å². The first-order chi connectivity index (χ1) is 14.5. The van der Waals surface area contributed by atoms with Crippen LogP contribution in [-0.2, 0) is 11.3 Å². The van der Waals surface area contributed by atoms with Crippen molar-refractivity contribution in [3.63, 3.8) is 0 Å². The zero-order valence-corrected chi connectivity index (χ0v) is 18.0. The highest BCUT2D eigenvalue weighted by Crippen LogP contribution is 2.31. The molecule has 30 heavy (non-hydrogen) atoms. The molecular formula is C20H31N5O4S. The summed E-state index contributed by atoms with van der Waals surface area (Å²) in [5, 5.41) is 18.4. The predicted molar refractivity (Wildman–Crippen MR) is 115 cm³/mol. The van der Waals surface area contributed by atoms with Gasteiger partial charge in [-0.1, -0.05) is 38.5 Å². The number of hydrogen-bond acceptors (Lipinski definition) is 5. The zero-order valence-electron chi connectivity index (χ0n) is 17.2. The van der Waals surface area contributed by atoms with Gasteiger partial charge >= 0.3 is 12.1 Å². The Morgan fingerprint density at radius 2 is 1.60 bits per heavy atom. The average Bonchev–Trinajstić information content (AvgIpc) is 3.19.